The molecule has 1 aliphatic rings. The van der Waals surface area contributed by atoms with Crippen molar-refractivity contribution in [2.45, 2.75) is 19.9 Å². The van der Waals surface area contributed by atoms with E-state index in [2.05, 4.69) is 19.9 Å². The Balaban J connectivity index is 1.62. The molecule has 1 saturated heterocycles. The second-order valence-electron chi connectivity index (χ2n) is 5.63. The highest BCUT2D eigenvalue weighted by molar-refractivity contribution is 5.93. The molecule has 1 N–H and O–H groups in total. The highest BCUT2D eigenvalue weighted by atomic mass is 16.2. The van der Waals surface area contributed by atoms with Gasteiger partial charge in [0.1, 0.15) is 11.5 Å². The van der Waals surface area contributed by atoms with Gasteiger partial charge >= 0.3 is 0 Å². The van der Waals surface area contributed by atoms with Crippen LogP contribution in [0.15, 0.2) is 30.7 Å². The number of rotatable bonds is 3. The first-order valence-electron chi connectivity index (χ1n) is 7.65. The topological polar surface area (TPSA) is 65.1 Å². The lowest BCUT2D eigenvalue weighted by Crippen LogP contribution is -2.36. The fraction of sp³-hybridized carbons (Fsp3) is 0.438. The van der Waals surface area contributed by atoms with Crippen LogP contribution >= 0.6 is 0 Å². The van der Waals surface area contributed by atoms with E-state index in [9.17, 15) is 4.79 Å². The minimum absolute atomic E-state index is 0.0398. The Bertz CT molecular complexity index is 625. The van der Waals surface area contributed by atoms with E-state index < -0.39 is 0 Å². The summed E-state index contributed by atoms with van der Waals surface area (Å²) in [7, 11) is 0. The van der Waals surface area contributed by atoms with Gasteiger partial charge in [-0.15, -0.1) is 0 Å². The maximum atomic E-state index is 12.6. The molecule has 116 valence electrons. The first kappa shape index (κ1) is 14.7. The Hall–Kier alpha value is -2.21. The maximum Gasteiger partial charge on any atom is 0.272 e. The zero-order valence-corrected chi connectivity index (χ0v) is 12.8. The average Bonchev–Trinajstić information content (AvgIpc) is 2.92. The normalized spacial score (nSPS) is 16.5. The number of aromatic amines is 1. The highest BCUT2D eigenvalue weighted by Crippen LogP contribution is 2.11. The zero-order chi connectivity index (χ0) is 15.4. The Morgan fingerprint density at radius 2 is 2.14 bits per heavy atom. The van der Waals surface area contributed by atoms with Gasteiger partial charge in [-0.25, -0.2) is 4.98 Å². The van der Waals surface area contributed by atoms with Crippen LogP contribution in [0.3, 0.4) is 0 Å². The lowest BCUT2D eigenvalue weighted by Gasteiger charge is -2.21. The molecular formula is C16H21N5O. The van der Waals surface area contributed by atoms with Gasteiger partial charge in [0.25, 0.3) is 5.91 Å². The molecule has 6 heteroatoms. The number of nitrogens with zero attached hydrogens (tertiary/aromatic N) is 4. The monoisotopic (exact) mass is 299 g/mol. The minimum atomic E-state index is 0.0398. The van der Waals surface area contributed by atoms with Gasteiger partial charge in [-0.05, 0) is 25.0 Å². The van der Waals surface area contributed by atoms with Crippen molar-refractivity contribution >= 4 is 5.91 Å². The van der Waals surface area contributed by atoms with E-state index in [1.54, 1.807) is 12.4 Å². The van der Waals surface area contributed by atoms with Crippen LogP contribution in [0, 0.1) is 6.92 Å². The number of amides is 1. The summed E-state index contributed by atoms with van der Waals surface area (Å²) in [5.41, 5.74) is 1.51. The summed E-state index contributed by atoms with van der Waals surface area (Å²) < 4.78 is 0. The maximum absolute atomic E-state index is 12.6. The summed E-state index contributed by atoms with van der Waals surface area (Å²) in [5, 5.41) is 0. The van der Waals surface area contributed by atoms with Crippen LogP contribution in [0.5, 0.6) is 0 Å². The molecule has 0 atom stereocenters. The zero-order valence-electron chi connectivity index (χ0n) is 12.8. The first-order chi connectivity index (χ1) is 10.7. The number of aryl methyl sites for hydroxylation is 1. The SMILES string of the molecule is Cc1cccnc1C(=O)N1CCCN(Cc2ncc[nH]2)CC1. The van der Waals surface area contributed by atoms with Crippen molar-refractivity contribution < 1.29 is 4.79 Å². The summed E-state index contributed by atoms with van der Waals surface area (Å²) in [6, 6.07) is 3.79. The summed E-state index contributed by atoms with van der Waals surface area (Å²) in [6.07, 6.45) is 6.26. The van der Waals surface area contributed by atoms with Crippen LogP contribution in [0.2, 0.25) is 0 Å². The molecule has 1 fully saturated rings. The minimum Gasteiger partial charge on any atom is -0.348 e. The average molecular weight is 299 g/mol. The molecule has 0 radical (unpaired) electrons. The number of pyridine rings is 1. The molecule has 1 amide bonds. The molecule has 0 spiro atoms. The molecule has 0 unspecified atom stereocenters. The Morgan fingerprint density at radius 3 is 2.91 bits per heavy atom. The molecular weight excluding hydrogens is 278 g/mol. The van der Waals surface area contributed by atoms with Gasteiger partial charge in [0.15, 0.2) is 0 Å². The second kappa shape index (κ2) is 6.70. The second-order valence-corrected chi connectivity index (χ2v) is 5.63. The molecule has 0 bridgehead atoms. The predicted molar refractivity (Wildman–Crippen MR) is 83.4 cm³/mol. The molecule has 2 aromatic rings. The summed E-state index contributed by atoms with van der Waals surface area (Å²) in [5.74, 6) is 1.01. The van der Waals surface area contributed by atoms with E-state index in [-0.39, 0.29) is 5.91 Å². The van der Waals surface area contributed by atoms with Crippen LogP contribution < -0.4 is 0 Å². The number of hydrogen-bond acceptors (Lipinski definition) is 4. The number of aromatic nitrogens is 3. The van der Waals surface area contributed by atoms with Crippen LogP contribution in [0.25, 0.3) is 0 Å². The van der Waals surface area contributed by atoms with E-state index in [1.807, 2.05) is 30.2 Å². The summed E-state index contributed by atoms with van der Waals surface area (Å²) in [4.78, 5) is 28.5. The van der Waals surface area contributed by atoms with Crippen molar-refractivity contribution in [2.24, 2.45) is 0 Å². The van der Waals surface area contributed by atoms with Gasteiger partial charge in [0.05, 0.1) is 6.54 Å². The van der Waals surface area contributed by atoms with Crippen molar-refractivity contribution in [3.63, 3.8) is 0 Å². The smallest absolute Gasteiger partial charge is 0.272 e. The molecule has 0 saturated carbocycles. The number of imidazole rings is 1. The van der Waals surface area contributed by atoms with Crippen LogP contribution in [0.1, 0.15) is 28.3 Å². The molecule has 6 nitrogen and oxygen atoms in total. The largest absolute Gasteiger partial charge is 0.348 e. The van der Waals surface area contributed by atoms with Crippen molar-refractivity contribution in [3.05, 3.63) is 47.8 Å². The third-order valence-electron chi connectivity index (χ3n) is 4.02. The van der Waals surface area contributed by atoms with Gasteiger partial charge in [-0.2, -0.15) is 0 Å². The number of nitrogens with one attached hydrogen (secondary N) is 1. The molecule has 0 aliphatic carbocycles. The van der Waals surface area contributed by atoms with Crippen LogP contribution in [-0.4, -0.2) is 56.8 Å². The highest BCUT2D eigenvalue weighted by Gasteiger charge is 2.22. The van der Waals surface area contributed by atoms with Crippen LogP contribution in [0.4, 0.5) is 0 Å². The molecule has 22 heavy (non-hydrogen) atoms. The molecule has 1 aliphatic heterocycles. The van der Waals surface area contributed by atoms with Crippen molar-refractivity contribution in [3.8, 4) is 0 Å². The molecule has 3 heterocycles. The number of carbonyl (C=O) groups excluding carboxylic acids is 1. The van der Waals surface area contributed by atoms with Crippen LogP contribution in [-0.2, 0) is 6.54 Å². The number of hydrogen-bond donors (Lipinski definition) is 1. The van der Waals surface area contributed by atoms with Crippen molar-refractivity contribution in [2.75, 3.05) is 26.2 Å². The summed E-state index contributed by atoms with van der Waals surface area (Å²) >= 11 is 0. The standard InChI is InChI=1S/C16H21N5O/c1-13-4-2-5-19-15(13)16(22)21-9-3-8-20(10-11-21)12-14-17-6-7-18-14/h2,4-7H,3,8-12H2,1H3,(H,17,18). The number of H-pyrrole nitrogens is 1. The number of carbonyl (C=O) groups is 1. The van der Waals surface area contributed by atoms with Crippen molar-refractivity contribution in [1.82, 2.24) is 24.8 Å². The van der Waals surface area contributed by atoms with E-state index in [1.165, 1.54) is 0 Å². The fourth-order valence-electron chi connectivity index (χ4n) is 2.79. The van der Waals surface area contributed by atoms with E-state index >= 15 is 0 Å². The molecule has 0 aromatic carbocycles. The first-order valence-corrected chi connectivity index (χ1v) is 7.65. The fourth-order valence-corrected chi connectivity index (χ4v) is 2.79. The van der Waals surface area contributed by atoms with E-state index in [4.69, 9.17) is 0 Å². The quantitative estimate of drug-likeness (QED) is 0.932. The van der Waals surface area contributed by atoms with Gasteiger partial charge < -0.3 is 9.88 Å². The third kappa shape index (κ3) is 3.33. The van der Waals surface area contributed by atoms with E-state index in [0.717, 1.165) is 50.5 Å². The van der Waals surface area contributed by atoms with Gasteiger partial charge in [0.2, 0.25) is 0 Å². The van der Waals surface area contributed by atoms with Crippen molar-refractivity contribution in [1.29, 1.82) is 0 Å². The van der Waals surface area contributed by atoms with Gasteiger partial charge in [-0.1, -0.05) is 6.07 Å². The molecule has 3 rings (SSSR count). The Morgan fingerprint density at radius 1 is 1.23 bits per heavy atom. The Kier molecular flexibility index (Phi) is 4.48. The van der Waals surface area contributed by atoms with Gasteiger partial charge in [-0.3, -0.25) is 14.7 Å². The van der Waals surface area contributed by atoms with E-state index in [0.29, 0.717) is 5.69 Å². The Labute approximate surface area is 130 Å². The lowest BCUT2D eigenvalue weighted by molar-refractivity contribution is 0.0754. The summed E-state index contributed by atoms with van der Waals surface area (Å²) in [6.45, 7) is 6.09. The predicted octanol–water partition coefficient (Wildman–Crippen LogP) is 1.46. The molecule has 2 aromatic heterocycles. The van der Waals surface area contributed by atoms with Gasteiger partial charge in [0, 0.05) is 44.8 Å². The lowest BCUT2D eigenvalue weighted by atomic mass is 10.2. The third-order valence-corrected chi connectivity index (χ3v) is 4.02.